The van der Waals surface area contributed by atoms with Gasteiger partial charge in [0.15, 0.2) is 0 Å². The highest BCUT2D eigenvalue weighted by Gasteiger charge is 2.25. The first-order valence-corrected chi connectivity index (χ1v) is 5.84. The smallest absolute Gasteiger partial charge is 0.309 e. The van der Waals surface area contributed by atoms with Crippen molar-refractivity contribution in [3.05, 3.63) is 0 Å². The number of aliphatic hydroxyl groups excluding tert-OH is 1. The van der Waals surface area contributed by atoms with E-state index in [2.05, 4.69) is 17.6 Å². The lowest BCUT2D eigenvalue weighted by Crippen LogP contribution is -2.48. The standard InChI is InChI=1S/C11H20N2O3/c1-8-4-2-3-5-9(8)13-11(16)10(15)12-6-7-14/h8-9,14H,2-7H2,1H3,(H,12,15)(H,13,16)/t8-,9+/m0/s1. The quantitative estimate of drug-likeness (QED) is 0.585. The molecule has 0 heterocycles. The molecule has 2 amide bonds. The maximum Gasteiger partial charge on any atom is 0.309 e. The third kappa shape index (κ3) is 3.81. The molecule has 1 rings (SSSR count). The minimum Gasteiger partial charge on any atom is -0.395 e. The maximum absolute atomic E-state index is 11.5. The number of hydrogen-bond acceptors (Lipinski definition) is 3. The first-order chi connectivity index (χ1) is 7.65. The number of rotatable bonds is 3. The van der Waals surface area contributed by atoms with E-state index in [1.165, 1.54) is 6.42 Å². The van der Waals surface area contributed by atoms with Crippen LogP contribution in [-0.2, 0) is 9.59 Å². The number of nitrogens with one attached hydrogen (secondary N) is 2. The Bertz CT molecular complexity index is 256. The second-order valence-electron chi connectivity index (χ2n) is 4.32. The van der Waals surface area contributed by atoms with Crippen LogP contribution < -0.4 is 10.6 Å². The molecule has 2 atom stereocenters. The van der Waals surface area contributed by atoms with E-state index in [1.807, 2.05) is 0 Å². The van der Waals surface area contributed by atoms with Crippen LogP contribution in [0.15, 0.2) is 0 Å². The van der Waals surface area contributed by atoms with Gasteiger partial charge in [-0.25, -0.2) is 0 Å². The molecule has 1 fully saturated rings. The fourth-order valence-corrected chi connectivity index (χ4v) is 2.01. The van der Waals surface area contributed by atoms with Crippen LogP contribution in [-0.4, -0.2) is 36.1 Å². The van der Waals surface area contributed by atoms with E-state index in [0.717, 1.165) is 19.3 Å². The normalized spacial score (nSPS) is 24.9. The fourth-order valence-electron chi connectivity index (χ4n) is 2.01. The van der Waals surface area contributed by atoms with Crippen molar-refractivity contribution in [3.63, 3.8) is 0 Å². The zero-order chi connectivity index (χ0) is 12.0. The van der Waals surface area contributed by atoms with Gasteiger partial charge in [0.05, 0.1) is 6.61 Å². The summed E-state index contributed by atoms with van der Waals surface area (Å²) in [4.78, 5) is 22.7. The minimum atomic E-state index is -0.660. The summed E-state index contributed by atoms with van der Waals surface area (Å²) in [5.74, 6) is -0.817. The summed E-state index contributed by atoms with van der Waals surface area (Å²) in [6, 6.07) is 0.112. The Kier molecular flexibility index (Phi) is 5.25. The predicted octanol–water partition coefficient (Wildman–Crippen LogP) is -0.210. The van der Waals surface area contributed by atoms with Gasteiger partial charge in [-0.15, -0.1) is 0 Å². The van der Waals surface area contributed by atoms with Crippen molar-refractivity contribution >= 4 is 11.8 Å². The van der Waals surface area contributed by atoms with Gasteiger partial charge >= 0.3 is 11.8 Å². The first-order valence-electron chi connectivity index (χ1n) is 5.84. The second kappa shape index (κ2) is 6.48. The second-order valence-corrected chi connectivity index (χ2v) is 4.32. The van der Waals surface area contributed by atoms with Crippen LogP contribution in [0.2, 0.25) is 0 Å². The molecule has 0 radical (unpaired) electrons. The molecule has 0 aromatic carbocycles. The molecule has 1 aliphatic rings. The van der Waals surface area contributed by atoms with Crippen molar-refractivity contribution in [3.8, 4) is 0 Å². The molecule has 1 aliphatic carbocycles. The molecule has 0 aliphatic heterocycles. The summed E-state index contributed by atoms with van der Waals surface area (Å²) in [7, 11) is 0. The van der Waals surface area contributed by atoms with Crippen LogP contribution in [0.5, 0.6) is 0 Å². The van der Waals surface area contributed by atoms with E-state index in [1.54, 1.807) is 0 Å². The summed E-state index contributed by atoms with van der Waals surface area (Å²) in [6.45, 7) is 2.06. The van der Waals surface area contributed by atoms with Crippen molar-refractivity contribution in [1.82, 2.24) is 10.6 Å². The highest BCUT2D eigenvalue weighted by Crippen LogP contribution is 2.23. The molecule has 1 saturated carbocycles. The van der Waals surface area contributed by atoms with E-state index >= 15 is 0 Å². The van der Waals surface area contributed by atoms with Crippen LogP contribution in [0.1, 0.15) is 32.6 Å². The lowest BCUT2D eigenvalue weighted by Gasteiger charge is -2.29. The average molecular weight is 228 g/mol. The van der Waals surface area contributed by atoms with Gasteiger partial charge in [0.1, 0.15) is 0 Å². The summed E-state index contributed by atoms with van der Waals surface area (Å²) in [5.41, 5.74) is 0. The van der Waals surface area contributed by atoms with Gasteiger partial charge in [-0.05, 0) is 18.8 Å². The Labute approximate surface area is 95.6 Å². The Morgan fingerprint density at radius 1 is 1.25 bits per heavy atom. The molecule has 92 valence electrons. The van der Waals surface area contributed by atoms with Gasteiger partial charge in [0.25, 0.3) is 0 Å². The van der Waals surface area contributed by atoms with Crippen molar-refractivity contribution in [1.29, 1.82) is 0 Å². The average Bonchev–Trinajstić information content (AvgIpc) is 2.28. The Hall–Kier alpha value is -1.10. The lowest BCUT2D eigenvalue weighted by atomic mass is 9.86. The monoisotopic (exact) mass is 228 g/mol. The molecular weight excluding hydrogens is 208 g/mol. The largest absolute Gasteiger partial charge is 0.395 e. The Morgan fingerprint density at radius 3 is 2.56 bits per heavy atom. The van der Waals surface area contributed by atoms with Gasteiger partial charge in [-0.3, -0.25) is 9.59 Å². The lowest BCUT2D eigenvalue weighted by molar-refractivity contribution is -0.140. The molecule has 0 aromatic heterocycles. The molecule has 5 heteroatoms. The van der Waals surface area contributed by atoms with Gasteiger partial charge in [-0.1, -0.05) is 19.8 Å². The van der Waals surface area contributed by atoms with E-state index in [4.69, 9.17) is 5.11 Å². The van der Waals surface area contributed by atoms with Crippen LogP contribution in [0.3, 0.4) is 0 Å². The Morgan fingerprint density at radius 2 is 1.94 bits per heavy atom. The topological polar surface area (TPSA) is 78.4 Å². The van der Waals surface area contributed by atoms with Crippen molar-refractivity contribution in [2.75, 3.05) is 13.2 Å². The molecule has 3 N–H and O–H groups in total. The molecule has 0 saturated heterocycles. The Balaban J connectivity index is 2.34. The highest BCUT2D eigenvalue weighted by molar-refractivity contribution is 6.35. The van der Waals surface area contributed by atoms with Crippen LogP contribution in [0.4, 0.5) is 0 Å². The zero-order valence-electron chi connectivity index (χ0n) is 9.66. The van der Waals surface area contributed by atoms with Crippen LogP contribution >= 0.6 is 0 Å². The van der Waals surface area contributed by atoms with Gasteiger partial charge in [0, 0.05) is 12.6 Å². The summed E-state index contributed by atoms with van der Waals surface area (Å²) in [5, 5.41) is 13.6. The highest BCUT2D eigenvalue weighted by atomic mass is 16.3. The number of carbonyl (C=O) groups excluding carboxylic acids is 2. The maximum atomic E-state index is 11.5. The third-order valence-electron chi connectivity index (χ3n) is 3.03. The van der Waals surface area contributed by atoms with Gasteiger partial charge in [0.2, 0.25) is 0 Å². The van der Waals surface area contributed by atoms with E-state index < -0.39 is 11.8 Å². The number of hydrogen-bond donors (Lipinski definition) is 3. The molecule has 16 heavy (non-hydrogen) atoms. The number of aliphatic hydroxyl groups is 1. The predicted molar refractivity (Wildman–Crippen MR) is 59.7 cm³/mol. The van der Waals surface area contributed by atoms with Crippen molar-refractivity contribution in [2.24, 2.45) is 5.92 Å². The van der Waals surface area contributed by atoms with E-state index in [-0.39, 0.29) is 19.2 Å². The van der Waals surface area contributed by atoms with E-state index in [0.29, 0.717) is 5.92 Å². The van der Waals surface area contributed by atoms with Gasteiger partial charge in [-0.2, -0.15) is 0 Å². The fraction of sp³-hybridized carbons (Fsp3) is 0.818. The molecular formula is C11H20N2O3. The third-order valence-corrected chi connectivity index (χ3v) is 3.03. The van der Waals surface area contributed by atoms with Crippen LogP contribution in [0, 0.1) is 5.92 Å². The SMILES string of the molecule is C[C@H]1CCCC[C@H]1NC(=O)C(=O)NCCO. The number of carbonyl (C=O) groups is 2. The molecule has 0 aromatic rings. The van der Waals surface area contributed by atoms with Crippen molar-refractivity contribution < 1.29 is 14.7 Å². The summed E-state index contributed by atoms with van der Waals surface area (Å²) in [6.07, 6.45) is 4.35. The van der Waals surface area contributed by atoms with Crippen molar-refractivity contribution in [2.45, 2.75) is 38.6 Å². The van der Waals surface area contributed by atoms with Crippen LogP contribution in [0.25, 0.3) is 0 Å². The number of amides is 2. The summed E-state index contributed by atoms with van der Waals surface area (Å²) >= 11 is 0. The minimum absolute atomic E-state index is 0.112. The first kappa shape index (κ1) is 13.0. The van der Waals surface area contributed by atoms with Gasteiger partial charge < -0.3 is 15.7 Å². The molecule has 0 bridgehead atoms. The molecule has 5 nitrogen and oxygen atoms in total. The molecule has 0 unspecified atom stereocenters. The molecule has 0 spiro atoms. The summed E-state index contributed by atoms with van der Waals surface area (Å²) < 4.78 is 0. The zero-order valence-corrected chi connectivity index (χ0v) is 9.66. The van der Waals surface area contributed by atoms with E-state index in [9.17, 15) is 9.59 Å².